The number of hydrogen-bond donors (Lipinski definition) is 2. The summed E-state index contributed by atoms with van der Waals surface area (Å²) in [4.78, 5) is 11.7. The Balaban J connectivity index is 1.71. The predicted octanol–water partition coefficient (Wildman–Crippen LogP) is 1.45. The standard InChI is InChI=1S/C13H17ClN2O3S/c14-10-2-1-3-11(8-10)15-6-4-13(17)16-12-5-7-20(18,19)9-12/h1-3,8,12,15H,4-7,9H2,(H,16,17). The van der Waals surface area contributed by atoms with Gasteiger partial charge in [0.2, 0.25) is 5.91 Å². The van der Waals surface area contributed by atoms with Crippen molar-refractivity contribution in [1.29, 1.82) is 0 Å². The molecule has 20 heavy (non-hydrogen) atoms. The summed E-state index contributed by atoms with van der Waals surface area (Å²) in [6, 6.07) is 7.02. The largest absolute Gasteiger partial charge is 0.384 e. The van der Waals surface area contributed by atoms with E-state index in [1.165, 1.54) is 0 Å². The Bertz CT molecular complexity index is 589. The third-order valence-electron chi connectivity index (χ3n) is 3.10. The Morgan fingerprint density at radius 1 is 1.40 bits per heavy atom. The Labute approximate surface area is 123 Å². The van der Waals surface area contributed by atoms with E-state index in [9.17, 15) is 13.2 Å². The van der Waals surface area contributed by atoms with Crippen molar-refractivity contribution in [1.82, 2.24) is 5.32 Å². The molecule has 1 aromatic rings. The maximum absolute atomic E-state index is 11.7. The summed E-state index contributed by atoms with van der Waals surface area (Å²) in [6.07, 6.45) is 0.804. The highest BCUT2D eigenvalue weighted by atomic mass is 35.5. The summed E-state index contributed by atoms with van der Waals surface area (Å²) in [7, 11) is -2.95. The van der Waals surface area contributed by atoms with Crippen LogP contribution in [0.1, 0.15) is 12.8 Å². The van der Waals surface area contributed by atoms with Crippen molar-refractivity contribution in [2.24, 2.45) is 0 Å². The number of carbonyl (C=O) groups excluding carboxylic acids is 1. The quantitative estimate of drug-likeness (QED) is 0.862. The predicted molar refractivity (Wildman–Crippen MR) is 79.8 cm³/mol. The van der Waals surface area contributed by atoms with Gasteiger partial charge in [0.05, 0.1) is 11.5 Å². The van der Waals surface area contributed by atoms with Crippen LogP contribution in [0.2, 0.25) is 5.02 Å². The first-order valence-electron chi connectivity index (χ1n) is 6.44. The number of hydrogen-bond acceptors (Lipinski definition) is 4. The van der Waals surface area contributed by atoms with E-state index in [0.29, 0.717) is 24.4 Å². The molecule has 1 amide bonds. The molecule has 0 radical (unpaired) electrons. The molecule has 2 rings (SSSR count). The highest BCUT2D eigenvalue weighted by molar-refractivity contribution is 7.91. The lowest BCUT2D eigenvalue weighted by atomic mass is 10.2. The van der Waals surface area contributed by atoms with E-state index in [4.69, 9.17) is 11.6 Å². The van der Waals surface area contributed by atoms with Crippen molar-refractivity contribution in [2.45, 2.75) is 18.9 Å². The van der Waals surface area contributed by atoms with Crippen LogP contribution in [0.4, 0.5) is 5.69 Å². The molecule has 1 unspecified atom stereocenters. The minimum absolute atomic E-state index is 0.0560. The van der Waals surface area contributed by atoms with E-state index in [0.717, 1.165) is 5.69 Å². The molecule has 1 aliphatic rings. The van der Waals surface area contributed by atoms with Gasteiger partial charge in [0.1, 0.15) is 0 Å². The fraction of sp³-hybridized carbons (Fsp3) is 0.462. The number of anilines is 1. The summed E-state index contributed by atoms with van der Waals surface area (Å²) in [6.45, 7) is 0.478. The first-order valence-corrected chi connectivity index (χ1v) is 8.64. The van der Waals surface area contributed by atoms with Gasteiger partial charge in [0.15, 0.2) is 9.84 Å². The normalized spacial score (nSPS) is 20.6. The van der Waals surface area contributed by atoms with E-state index < -0.39 is 9.84 Å². The molecule has 0 saturated carbocycles. The molecule has 0 aromatic heterocycles. The van der Waals surface area contributed by atoms with Crippen LogP contribution in [0.25, 0.3) is 0 Å². The Morgan fingerprint density at radius 2 is 2.20 bits per heavy atom. The molecule has 1 saturated heterocycles. The topological polar surface area (TPSA) is 75.3 Å². The number of amides is 1. The third-order valence-corrected chi connectivity index (χ3v) is 5.11. The number of carbonyl (C=O) groups is 1. The lowest BCUT2D eigenvalue weighted by Crippen LogP contribution is -2.36. The average Bonchev–Trinajstić information content (AvgIpc) is 2.68. The van der Waals surface area contributed by atoms with Crippen LogP contribution in [-0.4, -0.2) is 38.4 Å². The zero-order valence-electron chi connectivity index (χ0n) is 10.9. The molecule has 2 N–H and O–H groups in total. The minimum atomic E-state index is -2.95. The number of nitrogens with one attached hydrogen (secondary N) is 2. The fourth-order valence-electron chi connectivity index (χ4n) is 2.13. The maximum Gasteiger partial charge on any atom is 0.222 e. The SMILES string of the molecule is O=C(CCNc1cccc(Cl)c1)NC1CCS(=O)(=O)C1. The van der Waals surface area contributed by atoms with Crippen molar-refractivity contribution >= 4 is 33.0 Å². The Hall–Kier alpha value is -1.27. The van der Waals surface area contributed by atoms with Gasteiger partial charge < -0.3 is 10.6 Å². The van der Waals surface area contributed by atoms with Gasteiger partial charge in [-0.1, -0.05) is 17.7 Å². The van der Waals surface area contributed by atoms with Gasteiger partial charge in [-0.3, -0.25) is 4.79 Å². The van der Waals surface area contributed by atoms with Gasteiger partial charge in [-0.25, -0.2) is 8.42 Å². The fourth-order valence-corrected chi connectivity index (χ4v) is 3.99. The summed E-state index contributed by atoms with van der Waals surface area (Å²) in [5.41, 5.74) is 0.855. The molecule has 7 heteroatoms. The van der Waals surface area contributed by atoms with Crippen molar-refractivity contribution in [3.8, 4) is 0 Å². The number of benzene rings is 1. The molecule has 1 fully saturated rings. The molecule has 1 heterocycles. The van der Waals surface area contributed by atoms with Gasteiger partial charge in [-0.15, -0.1) is 0 Å². The highest BCUT2D eigenvalue weighted by Gasteiger charge is 2.28. The van der Waals surface area contributed by atoms with Gasteiger partial charge in [-0.05, 0) is 24.6 Å². The minimum Gasteiger partial charge on any atom is -0.384 e. The number of sulfone groups is 1. The first kappa shape index (κ1) is 15.1. The molecule has 0 bridgehead atoms. The summed E-state index contributed by atoms with van der Waals surface area (Å²) < 4.78 is 22.6. The van der Waals surface area contributed by atoms with Crippen molar-refractivity contribution in [2.75, 3.05) is 23.4 Å². The van der Waals surface area contributed by atoms with Crippen LogP contribution < -0.4 is 10.6 Å². The van der Waals surface area contributed by atoms with E-state index in [2.05, 4.69) is 10.6 Å². The molecule has 1 aliphatic heterocycles. The van der Waals surface area contributed by atoms with E-state index >= 15 is 0 Å². The molecule has 1 atom stereocenters. The van der Waals surface area contributed by atoms with Gasteiger partial charge in [-0.2, -0.15) is 0 Å². The molecule has 5 nitrogen and oxygen atoms in total. The Morgan fingerprint density at radius 3 is 2.85 bits per heavy atom. The van der Waals surface area contributed by atoms with E-state index in [-0.39, 0.29) is 23.5 Å². The van der Waals surface area contributed by atoms with Gasteiger partial charge >= 0.3 is 0 Å². The molecular formula is C13H17ClN2O3S. The highest BCUT2D eigenvalue weighted by Crippen LogP contribution is 2.15. The average molecular weight is 317 g/mol. The van der Waals surface area contributed by atoms with Gasteiger partial charge in [0, 0.05) is 29.7 Å². The van der Waals surface area contributed by atoms with Crippen molar-refractivity contribution in [3.05, 3.63) is 29.3 Å². The zero-order chi connectivity index (χ0) is 14.6. The van der Waals surface area contributed by atoms with Gasteiger partial charge in [0.25, 0.3) is 0 Å². The van der Waals surface area contributed by atoms with Crippen LogP contribution in [0.15, 0.2) is 24.3 Å². The molecular weight excluding hydrogens is 300 g/mol. The smallest absolute Gasteiger partial charge is 0.222 e. The van der Waals surface area contributed by atoms with Crippen molar-refractivity contribution in [3.63, 3.8) is 0 Å². The van der Waals surface area contributed by atoms with Crippen LogP contribution in [-0.2, 0) is 14.6 Å². The summed E-state index contributed by atoms with van der Waals surface area (Å²) in [5.74, 6) is 0.0840. The van der Waals surface area contributed by atoms with E-state index in [1.54, 1.807) is 12.1 Å². The number of halogens is 1. The second kappa shape index (κ2) is 6.45. The van der Waals surface area contributed by atoms with E-state index in [1.807, 2.05) is 12.1 Å². The monoisotopic (exact) mass is 316 g/mol. The molecule has 110 valence electrons. The zero-order valence-corrected chi connectivity index (χ0v) is 12.5. The second-order valence-electron chi connectivity index (χ2n) is 4.85. The first-order chi connectivity index (χ1) is 9.44. The lowest BCUT2D eigenvalue weighted by molar-refractivity contribution is -0.121. The van der Waals surface area contributed by atoms with Crippen LogP contribution in [0.3, 0.4) is 0 Å². The van der Waals surface area contributed by atoms with Crippen LogP contribution in [0.5, 0.6) is 0 Å². The number of rotatable bonds is 5. The molecule has 0 spiro atoms. The maximum atomic E-state index is 11.7. The summed E-state index contributed by atoms with van der Waals surface area (Å²) in [5, 5.41) is 6.48. The lowest BCUT2D eigenvalue weighted by Gasteiger charge is -2.11. The van der Waals surface area contributed by atoms with Crippen molar-refractivity contribution < 1.29 is 13.2 Å². The van der Waals surface area contributed by atoms with Crippen LogP contribution in [0, 0.1) is 0 Å². The summed E-state index contributed by atoms with van der Waals surface area (Å²) >= 11 is 5.85. The van der Waals surface area contributed by atoms with Crippen LogP contribution >= 0.6 is 11.6 Å². The second-order valence-corrected chi connectivity index (χ2v) is 7.52. The molecule has 1 aromatic carbocycles. The third kappa shape index (κ3) is 4.68. The molecule has 0 aliphatic carbocycles. The Kier molecular flexibility index (Phi) is 4.88.